The molecule has 0 fully saturated rings. The van der Waals surface area contributed by atoms with Crippen LogP contribution in [0.3, 0.4) is 0 Å². The van der Waals surface area contributed by atoms with E-state index in [-0.39, 0.29) is 23.0 Å². The number of benzene rings is 2. The number of tetrazole rings is 1. The summed E-state index contributed by atoms with van der Waals surface area (Å²) in [5.41, 5.74) is 3.65. The van der Waals surface area contributed by atoms with Crippen molar-refractivity contribution in [2.45, 2.75) is 25.9 Å². The van der Waals surface area contributed by atoms with Crippen molar-refractivity contribution in [3.8, 4) is 5.69 Å². The smallest absolute Gasteiger partial charge is 0.293 e. The van der Waals surface area contributed by atoms with Crippen molar-refractivity contribution in [3.05, 3.63) is 63.2 Å². The lowest BCUT2D eigenvalue weighted by molar-refractivity contribution is -0.384. The van der Waals surface area contributed by atoms with Crippen molar-refractivity contribution in [1.82, 2.24) is 20.2 Å². The molecule has 1 aromatic heterocycles. The Morgan fingerprint density at radius 2 is 1.93 bits per heavy atom. The standard InChI is InChI=1S/C18H18N6O3S/c1-11-7-8-14(15(9-11)24(26)27)19-16(25)10-28-18-20-21-22-23(18)17-12(2)5-4-6-13(17)3/h4-9H,10H2,1-3H3,(H,19,25). The Labute approximate surface area is 165 Å². The van der Waals surface area contributed by atoms with Crippen LogP contribution < -0.4 is 5.32 Å². The predicted octanol–water partition coefficient (Wildman–Crippen LogP) is 3.23. The van der Waals surface area contributed by atoms with Gasteiger partial charge in [-0.25, -0.2) is 0 Å². The minimum atomic E-state index is -0.517. The second-order valence-corrected chi connectivity index (χ2v) is 7.17. The Balaban J connectivity index is 1.74. The molecule has 0 unspecified atom stereocenters. The summed E-state index contributed by atoms with van der Waals surface area (Å²) in [5, 5.41) is 26.0. The van der Waals surface area contributed by atoms with Crippen LogP contribution in [0, 0.1) is 30.9 Å². The zero-order valence-electron chi connectivity index (χ0n) is 15.5. The third-order valence-corrected chi connectivity index (χ3v) is 4.97. The van der Waals surface area contributed by atoms with Gasteiger partial charge in [0.2, 0.25) is 11.1 Å². The molecule has 0 saturated carbocycles. The monoisotopic (exact) mass is 398 g/mol. The number of nitrogens with one attached hydrogen (secondary N) is 1. The fraction of sp³-hybridized carbons (Fsp3) is 0.222. The number of nitro groups is 1. The molecule has 0 aliphatic heterocycles. The summed E-state index contributed by atoms with van der Waals surface area (Å²) in [7, 11) is 0. The number of rotatable bonds is 6. The molecule has 0 saturated heterocycles. The molecule has 1 amide bonds. The van der Waals surface area contributed by atoms with E-state index in [0.717, 1.165) is 34.1 Å². The summed E-state index contributed by atoms with van der Waals surface area (Å²) in [6, 6.07) is 10.5. The second kappa shape index (κ2) is 8.17. The van der Waals surface area contributed by atoms with Gasteiger partial charge in [-0.2, -0.15) is 4.68 Å². The van der Waals surface area contributed by atoms with Crippen LogP contribution in [-0.2, 0) is 4.79 Å². The Bertz CT molecular complexity index is 1030. The Morgan fingerprint density at radius 3 is 2.61 bits per heavy atom. The molecular formula is C18H18N6O3S. The number of amides is 1. The van der Waals surface area contributed by atoms with Crippen molar-refractivity contribution in [2.75, 3.05) is 11.1 Å². The van der Waals surface area contributed by atoms with E-state index in [4.69, 9.17) is 0 Å². The lowest BCUT2D eigenvalue weighted by Crippen LogP contribution is -2.16. The van der Waals surface area contributed by atoms with E-state index in [1.54, 1.807) is 17.7 Å². The highest BCUT2D eigenvalue weighted by Gasteiger charge is 2.18. The molecule has 0 radical (unpaired) electrons. The highest BCUT2D eigenvalue weighted by atomic mass is 32.2. The molecule has 0 aliphatic rings. The molecule has 28 heavy (non-hydrogen) atoms. The fourth-order valence-electron chi connectivity index (χ4n) is 2.76. The number of hydrogen-bond acceptors (Lipinski definition) is 7. The summed E-state index contributed by atoms with van der Waals surface area (Å²) >= 11 is 1.16. The summed E-state index contributed by atoms with van der Waals surface area (Å²) < 4.78 is 1.59. The molecule has 3 rings (SSSR count). The number of aromatic nitrogens is 4. The maximum atomic E-state index is 12.3. The zero-order valence-corrected chi connectivity index (χ0v) is 16.4. The number of nitro benzene ring substituents is 1. The van der Waals surface area contributed by atoms with E-state index in [2.05, 4.69) is 20.8 Å². The second-order valence-electron chi connectivity index (χ2n) is 6.23. The quantitative estimate of drug-likeness (QED) is 0.385. The van der Waals surface area contributed by atoms with E-state index < -0.39 is 4.92 Å². The van der Waals surface area contributed by atoms with Gasteiger partial charge in [0.05, 0.1) is 16.4 Å². The molecule has 2 aromatic carbocycles. The molecule has 0 bridgehead atoms. The fourth-order valence-corrected chi connectivity index (χ4v) is 3.44. The van der Waals surface area contributed by atoms with Crippen molar-refractivity contribution < 1.29 is 9.72 Å². The minimum Gasteiger partial charge on any atom is -0.320 e. The normalized spacial score (nSPS) is 10.7. The van der Waals surface area contributed by atoms with Crippen LogP contribution in [0.2, 0.25) is 0 Å². The number of anilines is 1. The first-order valence-electron chi connectivity index (χ1n) is 8.39. The van der Waals surface area contributed by atoms with Crippen molar-refractivity contribution in [2.24, 2.45) is 0 Å². The van der Waals surface area contributed by atoms with Gasteiger partial charge in [0.25, 0.3) is 5.69 Å². The lowest BCUT2D eigenvalue weighted by atomic mass is 10.1. The van der Waals surface area contributed by atoms with Crippen LogP contribution in [0.25, 0.3) is 5.69 Å². The highest BCUT2D eigenvalue weighted by molar-refractivity contribution is 7.99. The van der Waals surface area contributed by atoms with Crippen LogP contribution in [0.4, 0.5) is 11.4 Å². The molecule has 9 nitrogen and oxygen atoms in total. The summed E-state index contributed by atoms with van der Waals surface area (Å²) in [4.78, 5) is 23.0. The average molecular weight is 398 g/mol. The van der Waals surface area contributed by atoms with Crippen LogP contribution in [0.1, 0.15) is 16.7 Å². The number of nitrogens with zero attached hydrogens (tertiary/aromatic N) is 5. The van der Waals surface area contributed by atoms with Gasteiger partial charge in [0.15, 0.2) is 0 Å². The average Bonchev–Trinajstić information content (AvgIpc) is 3.09. The molecule has 10 heteroatoms. The minimum absolute atomic E-state index is 0.0103. The largest absolute Gasteiger partial charge is 0.320 e. The molecule has 3 aromatic rings. The maximum Gasteiger partial charge on any atom is 0.293 e. The Kier molecular flexibility index (Phi) is 5.69. The summed E-state index contributed by atoms with van der Waals surface area (Å²) in [6.07, 6.45) is 0. The highest BCUT2D eigenvalue weighted by Crippen LogP contribution is 2.27. The van der Waals surface area contributed by atoms with Gasteiger partial charge in [-0.1, -0.05) is 36.0 Å². The number of carbonyl (C=O) groups excluding carboxylic acids is 1. The van der Waals surface area contributed by atoms with Gasteiger partial charge in [-0.3, -0.25) is 14.9 Å². The molecule has 0 aliphatic carbocycles. The van der Waals surface area contributed by atoms with Crippen LogP contribution in [0.15, 0.2) is 41.6 Å². The first-order valence-corrected chi connectivity index (χ1v) is 9.38. The van der Waals surface area contributed by atoms with E-state index in [1.165, 1.54) is 12.1 Å². The number of hydrogen-bond donors (Lipinski definition) is 1. The van der Waals surface area contributed by atoms with Gasteiger partial charge in [0, 0.05) is 6.07 Å². The van der Waals surface area contributed by atoms with E-state index >= 15 is 0 Å². The third-order valence-electron chi connectivity index (χ3n) is 4.05. The molecule has 1 N–H and O–H groups in total. The topological polar surface area (TPSA) is 116 Å². The number of aryl methyl sites for hydroxylation is 3. The van der Waals surface area contributed by atoms with E-state index in [0.29, 0.717) is 5.16 Å². The Hall–Kier alpha value is -3.27. The van der Waals surface area contributed by atoms with Crippen LogP contribution >= 0.6 is 11.8 Å². The molecular weight excluding hydrogens is 380 g/mol. The molecule has 144 valence electrons. The summed E-state index contributed by atoms with van der Waals surface area (Å²) in [6.45, 7) is 5.67. The molecule has 0 spiro atoms. The molecule has 1 heterocycles. The van der Waals surface area contributed by atoms with Crippen molar-refractivity contribution in [3.63, 3.8) is 0 Å². The van der Waals surface area contributed by atoms with Crippen molar-refractivity contribution in [1.29, 1.82) is 0 Å². The van der Waals surface area contributed by atoms with Gasteiger partial charge >= 0.3 is 0 Å². The first kappa shape index (κ1) is 19.5. The van der Waals surface area contributed by atoms with E-state index in [1.807, 2.05) is 32.0 Å². The van der Waals surface area contributed by atoms with Crippen LogP contribution in [-0.4, -0.2) is 36.8 Å². The number of carbonyl (C=O) groups is 1. The maximum absolute atomic E-state index is 12.3. The van der Waals surface area contributed by atoms with Gasteiger partial charge in [-0.15, -0.1) is 5.10 Å². The van der Waals surface area contributed by atoms with Gasteiger partial charge in [0.1, 0.15) is 5.69 Å². The van der Waals surface area contributed by atoms with Gasteiger partial charge in [-0.05, 0) is 54.0 Å². The van der Waals surface area contributed by atoms with E-state index in [9.17, 15) is 14.9 Å². The predicted molar refractivity (Wildman–Crippen MR) is 106 cm³/mol. The molecule has 0 atom stereocenters. The lowest BCUT2D eigenvalue weighted by Gasteiger charge is -2.10. The third kappa shape index (κ3) is 4.17. The van der Waals surface area contributed by atoms with Gasteiger partial charge < -0.3 is 5.32 Å². The van der Waals surface area contributed by atoms with Crippen molar-refractivity contribution >= 4 is 29.0 Å². The SMILES string of the molecule is Cc1ccc(NC(=O)CSc2nnnn2-c2c(C)cccc2C)c([N+](=O)[O-])c1. The number of thioether (sulfide) groups is 1. The summed E-state index contributed by atoms with van der Waals surface area (Å²) in [5.74, 6) is -0.371. The van der Waals surface area contributed by atoms with Crippen LogP contribution in [0.5, 0.6) is 0 Å². The zero-order chi connectivity index (χ0) is 20.3. The number of para-hydroxylation sites is 1. The first-order chi connectivity index (χ1) is 13.4. The Morgan fingerprint density at radius 1 is 1.21 bits per heavy atom.